The van der Waals surface area contributed by atoms with Gasteiger partial charge < -0.3 is 9.47 Å². The van der Waals surface area contributed by atoms with Gasteiger partial charge in [0.05, 0.1) is 23.8 Å². The Labute approximate surface area is 198 Å². The van der Waals surface area contributed by atoms with Crippen LogP contribution in [0.25, 0.3) is 21.7 Å². The molecule has 4 aromatic rings. The SMILES string of the molecule is COc1cc(/C=C(\C#N)c2ccc(Cl)cc2)ccc1OC(=O)c1sc2ccccc2c1Cl. The molecule has 1 aromatic heterocycles. The molecule has 0 bridgehead atoms. The third-order valence-corrected chi connectivity index (χ3v) is 6.60. The van der Waals surface area contributed by atoms with E-state index in [2.05, 4.69) is 6.07 Å². The molecule has 0 atom stereocenters. The van der Waals surface area contributed by atoms with Gasteiger partial charge in [0, 0.05) is 15.1 Å². The van der Waals surface area contributed by atoms with Crippen molar-refractivity contribution < 1.29 is 14.3 Å². The summed E-state index contributed by atoms with van der Waals surface area (Å²) < 4.78 is 11.9. The number of thiophene rings is 1. The fourth-order valence-corrected chi connectivity index (χ4v) is 4.64. The van der Waals surface area contributed by atoms with Gasteiger partial charge in [-0.3, -0.25) is 0 Å². The highest BCUT2D eigenvalue weighted by Crippen LogP contribution is 2.37. The molecule has 0 aliphatic rings. The van der Waals surface area contributed by atoms with Crippen LogP contribution >= 0.6 is 34.5 Å². The van der Waals surface area contributed by atoms with Gasteiger partial charge in [-0.1, -0.05) is 59.6 Å². The zero-order valence-corrected chi connectivity index (χ0v) is 19.1. The van der Waals surface area contributed by atoms with E-state index in [1.54, 1.807) is 48.5 Å². The Hall–Kier alpha value is -3.30. The Morgan fingerprint density at radius 2 is 1.78 bits per heavy atom. The molecule has 0 radical (unpaired) electrons. The number of fused-ring (bicyclic) bond motifs is 1. The second-order valence-electron chi connectivity index (χ2n) is 6.72. The van der Waals surface area contributed by atoms with E-state index in [1.807, 2.05) is 24.3 Å². The number of carbonyl (C=O) groups is 1. The van der Waals surface area contributed by atoms with E-state index in [4.69, 9.17) is 32.7 Å². The van der Waals surface area contributed by atoms with Gasteiger partial charge in [0.2, 0.25) is 0 Å². The van der Waals surface area contributed by atoms with E-state index in [0.29, 0.717) is 31.8 Å². The van der Waals surface area contributed by atoms with Crippen molar-refractivity contribution in [3.05, 3.63) is 92.8 Å². The third-order valence-electron chi connectivity index (χ3n) is 4.70. The van der Waals surface area contributed by atoms with E-state index >= 15 is 0 Å². The first-order chi connectivity index (χ1) is 15.5. The average Bonchev–Trinajstić information content (AvgIpc) is 3.15. The summed E-state index contributed by atoms with van der Waals surface area (Å²) >= 11 is 13.6. The highest BCUT2D eigenvalue weighted by Gasteiger charge is 2.20. The van der Waals surface area contributed by atoms with Gasteiger partial charge in [-0.15, -0.1) is 11.3 Å². The largest absolute Gasteiger partial charge is 0.493 e. The van der Waals surface area contributed by atoms with Crippen molar-refractivity contribution >= 4 is 62.2 Å². The van der Waals surface area contributed by atoms with Crippen LogP contribution in [0.4, 0.5) is 0 Å². The van der Waals surface area contributed by atoms with E-state index in [-0.39, 0.29) is 5.75 Å². The van der Waals surface area contributed by atoms with Crippen LogP contribution in [0, 0.1) is 11.3 Å². The fraction of sp³-hybridized carbons (Fsp3) is 0.0400. The van der Waals surface area contributed by atoms with E-state index < -0.39 is 5.97 Å². The van der Waals surface area contributed by atoms with Gasteiger partial charge in [0.15, 0.2) is 11.5 Å². The summed E-state index contributed by atoms with van der Waals surface area (Å²) in [5.41, 5.74) is 1.92. The topological polar surface area (TPSA) is 59.3 Å². The zero-order chi connectivity index (χ0) is 22.7. The molecular weight excluding hydrogens is 465 g/mol. The van der Waals surface area contributed by atoms with Crippen LogP contribution in [0.1, 0.15) is 20.8 Å². The summed E-state index contributed by atoms with van der Waals surface area (Å²) in [6.45, 7) is 0. The number of methoxy groups -OCH3 is 1. The van der Waals surface area contributed by atoms with Crippen molar-refractivity contribution in [3.8, 4) is 17.6 Å². The summed E-state index contributed by atoms with van der Waals surface area (Å²) in [5, 5.41) is 11.3. The zero-order valence-electron chi connectivity index (χ0n) is 16.8. The number of hydrogen-bond donors (Lipinski definition) is 0. The Kier molecular flexibility index (Phi) is 6.48. The second kappa shape index (κ2) is 9.46. The summed E-state index contributed by atoms with van der Waals surface area (Å²) in [7, 11) is 1.48. The molecule has 4 nitrogen and oxygen atoms in total. The molecule has 0 saturated carbocycles. The first-order valence-electron chi connectivity index (χ1n) is 9.45. The third kappa shape index (κ3) is 4.49. The maximum Gasteiger partial charge on any atom is 0.355 e. The van der Waals surface area contributed by atoms with Gasteiger partial charge in [-0.05, 0) is 47.5 Å². The molecule has 1 heterocycles. The van der Waals surface area contributed by atoms with Gasteiger partial charge in [-0.2, -0.15) is 5.26 Å². The number of ether oxygens (including phenoxy) is 2. The molecule has 3 aromatic carbocycles. The minimum absolute atomic E-state index is 0.258. The van der Waals surface area contributed by atoms with E-state index in [0.717, 1.165) is 15.6 Å². The molecule has 0 saturated heterocycles. The second-order valence-corrected chi connectivity index (χ2v) is 8.58. The highest BCUT2D eigenvalue weighted by molar-refractivity contribution is 7.21. The first kappa shape index (κ1) is 21.9. The summed E-state index contributed by atoms with van der Waals surface area (Å²) in [5.74, 6) is 0.0579. The number of allylic oxidation sites excluding steroid dienone is 1. The van der Waals surface area contributed by atoms with Gasteiger partial charge in [0.1, 0.15) is 4.88 Å². The molecule has 0 unspecified atom stereocenters. The number of halogens is 2. The lowest BCUT2D eigenvalue weighted by atomic mass is 10.0. The smallest absolute Gasteiger partial charge is 0.355 e. The first-order valence-corrected chi connectivity index (χ1v) is 11.0. The average molecular weight is 480 g/mol. The van der Waals surface area contributed by atoms with Crippen molar-refractivity contribution in [3.63, 3.8) is 0 Å². The van der Waals surface area contributed by atoms with Gasteiger partial charge in [0.25, 0.3) is 0 Å². The Morgan fingerprint density at radius 3 is 2.47 bits per heavy atom. The van der Waals surface area contributed by atoms with Gasteiger partial charge in [-0.25, -0.2) is 4.79 Å². The Morgan fingerprint density at radius 1 is 1.03 bits per heavy atom. The standard InChI is InChI=1S/C25H15Cl2NO3S/c1-30-21-13-15(12-17(14-28)16-7-9-18(26)10-8-16)6-11-20(21)31-25(29)24-23(27)19-4-2-3-5-22(19)32-24/h2-13H,1H3/b17-12+. The lowest BCUT2D eigenvalue weighted by Gasteiger charge is -2.10. The number of esters is 1. The van der Waals surface area contributed by atoms with Crippen LogP contribution in [0.15, 0.2) is 66.7 Å². The predicted molar refractivity (Wildman–Crippen MR) is 130 cm³/mol. The Bertz CT molecular complexity index is 1380. The molecular formula is C25H15Cl2NO3S. The molecule has 0 spiro atoms. The van der Waals surface area contributed by atoms with Crippen LogP contribution in [0.3, 0.4) is 0 Å². The highest BCUT2D eigenvalue weighted by atomic mass is 35.5. The van der Waals surface area contributed by atoms with Crippen LogP contribution in [-0.4, -0.2) is 13.1 Å². The minimum Gasteiger partial charge on any atom is -0.493 e. The predicted octanol–water partition coefficient (Wildman–Crippen LogP) is 7.50. The lowest BCUT2D eigenvalue weighted by molar-refractivity contribution is 0.0735. The van der Waals surface area contributed by atoms with E-state index in [1.165, 1.54) is 18.4 Å². The maximum atomic E-state index is 12.8. The van der Waals surface area contributed by atoms with Crippen molar-refractivity contribution in [1.82, 2.24) is 0 Å². The molecule has 0 fully saturated rings. The number of rotatable bonds is 5. The van der Waals surface area contributed by atoms with Crippen molar-refractivity contribution in [2.75, 3.05) is 7.11 Å². The Balaban J connectivity index is 1.62. The number of carbonyl (C=O) groups excluding carboxylic acids is 1. The summed E-state index contributed by atoms with van der Waals surface area (Å²) in [6.07, 6.45) is 1.72. The number of hydrogen-bond acceptors (Lipinski definition) is 5. The molecule has 4 rings (SSSR count). The maximum absolute atomic E-state index is 12.8. The van der Waals surface area contributed by atoms with Crippen molar-refractivity contribution in [2.24, 2.45) is 0 Å². The number of nitrogens with zero attached hydrogens (tertiary/aromatic N) is 1. The molecule has 0 aliphatic carbocycles. The summed E-state index contributed by atoms with van der Waals surface area (Å²) in [6, 6.07) is 21.8. The van der Waals surface area contributed by atoms with Crippen LogP contribution in [0.2, 0.25) is 10.0 Å². The lowest BCUT2D eigenvalue weighted by Crippen LogP contribution is -2.08. The molecule has 0 amide bonds. The van der Waals surface area contributed by atoms with Crippen LogP contribution in [-0.2, 0) is 0 Å². The monoisotopic (exact) mass is 479 g/mol. The van der Waals surface area contributed by atoms with Crippen LogP contribution < -0.4 is 9.47 Å². The fourth-order valence-electron chi connectivity index (χ4n) is 3.13. The van der Waals surface area contributed by atoms with Crippen LogP contribution in [0.5, 0.6) is 11.5 Å². The molecule has 7 heteroatoms. The normalized spacial score (nSPS) is 11.2. The molecule has 32 heavy (non-hydrogen) atoms. The minimum atomic E-state index is -0.559. The quantitative estimate of drug-likeness (QED) is 0.128. The van der Waals surface area contributed by atoms with Gasteiger partial charge >= 0.3 is 5.97 Å². The van der Waals surface area contributed by atoms with Crippen molar-refractivity contribution in [1.29, 1.82) is 5.26 Å². The summed E-state index contributed by atoms with van der Waals surface area (Å²) in [4.78, 5) is 13.1. The molecule has 0 aliphatic heterocycles. The number of benzene rings is 3. The molecule has 158 valence electrons. The number of nitriles is 1. The van der Waals surface area contributed by atoms with E-state index in [9.17, 15) is 10.1 Å². The molecule has 0 N–H and O–H groups in total. The van der Waals surface area contributed by atoms with Crippen molar-refractivity contribution in [2.45, 2.75) is 0 Å².